The fourth-order valence-electron chi connectivity index (χ4n) is 0.681. The Bertz CT molecular complexity index is 245. The van der Waals surface area contributed by atoms with Crippen LogP contribution < -0.4 is 5.73 Å². The second-order valence-corrected chi connectivity index (χ2v) is 3.05. The summed E-state index contributed by atoms with van der Waals surface area (Å²) in [5.74, 6) is -0.0908. The van der Waals surface area contributed by atoms with E-state index in [1.165, 1.54) is 12.3 Å². The van der Waals surface area contributed by atoms with Gasteiger partial charge in [-0.3, -0.25) is 0 Å². The third-order valence-corrected chi connectivity index (χ3v) is 2.13. The summed E-state index contributed by atoms with van der Waals surface area (Å²) in [6.07, 6.45) is -1.14. The number of pyridine rings is 1. The van der Waals surface area contributed by atoms with Crippen LogP contribution in [0.5, 0.6) is 0 Å². The van der Waals surface area contributed by atoms with Gasteiger partial charge in [-0.1, -0.05) is 0 Å². The molecule has 0 unspecified atom stereocenters. The van der Waals surface area contributed by atoms with Crippen molar-refractivity contribution in [1.82, 2.24) is 4.98 Å². The van der Waals surface area contributed by atoms with Crippen LogP contribution in [0.3, 0.4) is 0 Å². The molecule has 0 spiro atoms. The topological polar surface area (TPSA) is 38.9 Å². The number of nitrogens with two attached hydrogens (primary N) is 1. The van der Waals surface area contributed by atoms with Gasteiger partial charge >= 0.3 is 0 Å². The molecule has 60 valence electrons. The van der Waals surface area contributed by atoms with Gasteiger partial charge in [0.25, 0.3) is 6.43 Å². The Hall–Kier alpha value is -0.460. The van der Waals surface area contributed by atoms with Crippen molar-refractivity contribution >= 4 is 28.4 Å². The second kappa shape index (κ2) is 3.29. The Morgan fingerprint density at radius 3 is 2.55 bits per heavy atom. The van der Waals surface area contributed by atoms with E-state index in [0.29, 0.717) is 3.57 Å². The van der Waals surface area contributed by atoms with Gasteiger partial charge in [0.1, 0.15) is 5.82 Å². The van der Waals surface area contributed by atoms with Gasteiger partial charge in [0, 0.05) is 9.77 Å². The molecular weight excluding hydrogens is 265 g/mol. The summed E-state index contributed by atoms with van der Waals surface area (Å²) < 4.78 is 24.8. The molecule has 1 aromatic rings. The van der Waals surface area contributed by atoms with E-state index in [4.69, 9.17) is 5.73 Å². The van der Waals surface area contributed by atoms with E-state index >= 15 is 0 Å². The van der Waals surface area contributed by atoms with Crippen LogP contribution in [0.25, 0.3) is 0 Å². The molecule has 0 bridgehead atoms. The standard InChI is InChI=1S/C6H5F2IN2/c7-5(8)4-3(9)1-2-11-6(4)10/h1-2,5H,(H2,10,11). The van der Waals surface area contributed by atoms with Crippen molar-refractivity contribution in [2.24, 2.45) is 0 Å². The molecule has 0 aliphatic rings. The molecular formula is C6H5F2IN2. The normalized spacial score (nSPS) is 10.5. The van der Waals surface area contributed by atoms with Gasteiger partial charge in [-0.25, -0.2) is 13.8 Å². The zero-order valence-corrected chi connectivity index (χ0v) is 7.55. The maximum absolute atomic E-state index is 12.2. The number of anilines is 1. The van der Waals surface area contributed by atoms with Crippen LogP contribution in [0.15, 0.2) is 12.3 Å². The lowest BCUT2D eigenvalue weighted by atomic mass is 10.3. The largest absolute Gasteiger partial charge is 0.383 e. The minimum Gasteiger partial charge on any atom is -0.383 e. The summed E-state index contributed by atoms with van der Waals surface area (Å²) in [7, 11) is 0. The third kappa shape index (κ3) is 1.76. The van der Waals surface area contributed by atoms with Gasteiger partial charge in [-0.15, -0.1) is 0 Å². The van der Waals surface area contributed by atoms with E-state index in [1.807, 2.05) is 0 Å². The summed E-state index contributed by atoms with van der Waals surface area (Å²) in [4.78, 5) is 3.55. The minimum atomic E-state index is -2.55. The monoisotopic (exact) mass is 270 g/mol. The Balaban J connectivity index is 3.21. The summed E-state index contributed by atoms with van der Waals surface area (Å²) in [6.45, 7) is 0. The number of hydrogen-bond acceptors (Lipinski definition) is 2. The van der Waals surface area contributed by atoms with Gasteiger partial charge in [0.15, 0.2) is 0 Å². The third-order valence-electron chi connectivity index (χ3n) is 1.19. The zero-order valence-electron chi connectivity index (χ0n) is 5.39. The fourth-order valence-corrected chi connectivity index (χ4v) is 1.35. The first-order valence-electron chi connectivity index (χ1n) is 2.81. The molecule has 0 aliphatic carbocycles. The number of alkyl halides is 2. The van der Waals surface area contributed by atoms with Crippen LogP contribution in [0.4, 0.5) is 14.6 Å². The number of rotatable bonds is 1. The predicted molar refractivity (Wildman–Crippen MR) is 46.3 cm³/mol. The summed E-state index contributed by atoms with van der Waals surface area (Å²) in [6, 6.07) is 1.50. The van der Waals surface area contributed by atoms with E-state index < -0.39 is 6.43 Å². The molecule has 1 heterocycles. The van der Waals surface area contributed by atoms with Crippen LogP contribution in [0.2, 0.25) is 0 Å². The van der Waals surface area contributed by atoms with Crippen LogP contribution in [-0.4, -0.2) is 4.98 Å². The average Bonchev–Trinajstić information content (AvgIpc) is 1.85. The van der Waals surface area contributed by atoms with Crippen LogP contribution in [0.1, 0.15) is 12.0 Å². The van der Waals surface area contributed by atoms with Crippen molar-refractivity contribution in [2.45, 2.75) is 6.43 Å². The van der Waals surface area contributed by atoms with Crippen molar-refractivity contribution in [3.05, 3.63) is 21.4 Å². The van der Waals surface area contributed by atoms with Crippen LogP contribution in [-0.2, 0) is 0 Å². The molecule has 0 saturated heterocycles. The van der Waals surface area contributed by atoms with E-state index in [2.05, 4.69) is 4.98 Å². The Labute approximate surface area is 75.9 Å². The minimum absolute atomic E-state index is 0.0908. The maximum Gasteiger partial charge on any atom is 0.268 e. The predicted octanol–water partition coefficient (Wildman–Crippen LogP) is 2.21. The first kappa shape index (κ1) is 8.63. The van der Waals surface area contributed by atoms with E-state index in [9.17, 15) is 8.78 Å². The highest BCUT2D eigenvalue weighted by atomic mass is 127. The molecule has 2 N–H and O–H groups in total. The summed E-state index contributed by atoms with van der Waals surface area (Å²) in [5, 5.41) is 0. The molecule has 0 aliphatic heterocycles. The zero-order chi connectivity index (χ0) is 8.43. The highest BCUT2D eigenvalue weighted by molar-refractivity contribution is 14.1. The Morgan fingerprint density at radius 1 is 1.55 bits per heavy atom. The second-order valence-electron chi connectivity index (χ2n) is 1.89. The summed E-state index contributed by atoms with van der Waals surface area (Å²) >= 11 is 1.80. The highest BCUT2D eigenvalue weighted by Gasteiger charge is 2.15. The van der Waals surface area contributed by atoms with E-state index in [1.54, 1.807) is 22.6 Å². The lowest BCUT2D eigenvalue weighted by Crippen LogP contribution is -1.99. The molecule has 0 fully saturated rings. The van der Waals surface area contributed by atoms with E-state index in [-0.39, 0.29) is 11.4 Å². The molecule has 5 heteroatoms. The van der Waals surface area contributed by atoms with Gasteiger partial charge in [0.2, 0.25) is 0 Å². The number of nitrogen functional groups attached to an aromatic ring is 1. The molecule has 0 aromatic carbocycles. The van der Waals surface area contributed by atoms with Gasteiger partial charge < -0.3 is 5.73 Å². The van der Waals surface area contributed by atoms with Crippen molar-refractivity contribution in [3.63, 3.8) is 0 Å². The van der Waals surface area contributed by atoms with Gasteiger partial charge in [-0.05, 0) is 28.7 Å². The molecule has 0 atom stereocenters. The van der Waals surface area contributed by atoms with Gasteiger partial charge in [0.05, 0.1) is 5.56 Å². The van der Waals surface area contributed by atoms with Crippen molar-refractivity contribution in [3.8, 4) is 0 Å². The lowest BCUT2D eigenvalue weighted by Gasteiger charge is -2.04. The van der Waals surface area contributed by atoms with Gasteiger partial charge in [-0.2, -0.15) is 0 Å². The molecule has 0 radical (unpaired) electrons. The van der Waals surface area contributed by atoms with E-state index in [0.717, 1.165) is 0 Å². The first-order valence-corrected chi connectivity index (χ1v) is 3.89. The SMILES string of the molecule is Nc1nccc(I)c1C(F)F. The Kier molecular flexibility index (Phi) is 2.58. The fraction of sp³-hybridized carbons (Fsp3) is 0.167. The molecule has 11 heavy (non-hydrogen) atoms. The number of halogens is 3. The van der Waals surface area contributed by atoms with Crippen LogP contribution >= 0.6 is 22.6 Å². The summed E-state index contributed by atoms with van der Waals surface area (Å²) in [5.41, 5.74) is 5.05. The molecule has 1 rings (SSSR count). The maximum atomic E-state index is 12.2. The number of nitrogens with zero attached hydrogens (tertiary/aromatic N) is 1. The molecule has 0 amide bonds. The van der Waals surface area contributed by atoms with Crippen molar-refractivity contribution in [1.29, 1.82) is 0 Å². The van der Waals surface area contributed by atoms with Crippen molar-refractivity contribution < 1.29 is 8.78 Å². The molecule has 0 saturated carbocycles. The van der Waals surface area contributed by atoms with Crippen LogP contribution in [0, 0.1) is 3.57 Å². The molecule has 1 aromatic heterocycles. The Morgan fingerprint density at radius 2 is 2.18 bits per heavy atom. The number of aromatic nitrogens is 1. The average molecular weight is 270 g/mol. The number of hydrogen-bond donors (Lipinski definition) is 1. The lowest BCUT2D eigenvalue weighted by molar-refractivity contribution is 0.151. The quantitative estimate of drug-likeness (QED) is 0.794. The van der Waals surface area contributed by atoms with Crippen molar-refractivity contribution in [2.75, 3.05) is 5.73 Å². The molecule has 2 nitrogen and oxygen atoms in total. The highest BCUT2D eigenvalue weighted by Crippen LogP contribution is 2.27. The first-order chi connectivity index (χ1) is 5.13. The smallest absolute Gasteiger partial charge is 0.268 e.